The molecule has 5 heteroatoms. The van der Waals surface area contributed by atoms with Crippen LogP contribution >= 0.6 is 0 Å². The van der Waals surface area contributed by atoms with Gasteiger partial charge >= 0.3 is 5.97 Å². The summed E-state index contributed by atoms with van der Waals surface area (Å²) >= 11 is 0. The Hall–Kier alpha value is -1.26. The summed E-state index contributed by atoms with van der Waals surface area (Å²) in [5, 5.41) is 3.18. The molecule has 15 heavy (non-hydrogen) atoms. The first-order valence-electron chi connectivity index (χ1n) is 5.45. The van der Waals surface area contributed by atoms with Crippen LogP contribution in [0.1, 0.15) is 51.9 Å². The second-order valence-electron chi connectivity index (χ2n) is 3.50. The Morgan fingerprint density at radius 3 is 2.33 bits per heavy atom. The van der Waals surface area contributed by atoms with Crippen LogP contribution < -0.4 is 11.5 Å². The lowest BCUT2D eigenvalue weighted by atomic mass is 10.1. The van der Waals surface area contributed by atoms with Gasteiger partial charge in [-0.3, -0.25) is 0 Å². The first-order chi connectivity index (χ1) is 7.16. The van der Waals surface area contributed by atoms with E-state index in [-0.39, 0.29) is 11.9 Å². The van der Waals surface area contributed by atoms with Crippen LogP contribution in [0.25, 0.3) is 0 Å². The molecule has 0 bridgehead atoms. The maximum absolute atomic E-state index is 11.0. The van der Waals surface area contributed by atoms with E-state index >= 15 is 0 Å². The molecule has 5 nitrogen and oxygen atoms in total. The second kappa shape index (κ2) is 9.30. The zero-order chi connectivity index (χ0) is 11.5. The summed E-state index contributed by atoms with van der Waals surface area (Å²) in [6.45, 7) is 2.17. The van der Waals surface area contributed by atoms with Gasteiger partial charge in [-0.25, -0.2) is 4.79 Å². The maximum Gasteiger partial charge on any atom is 0.335 e. The molecular weight excluding hydrogens is 194 g/mol. The number of hydrogen-bond donors (Lipinski definition) is 2. The minimum absolute atomic E-state index is 0.230. The van der Waals surface area contributed by atoms with E-state index < -0.39 is 0 Å². The highest BCUT2D eigenvalue weighted by Crippen LogP contribution is 2.07. The number of carbonyl (C=O) groups is 1. The highest BCUT2D eigenvalue weighted by atomic mass is 16.7. The molecule has 0 radical (unpaired) electrons. The van der Waals surface area contributed by atoms with Gasteiger partial charge in [-0.05, 0) is 11.6 Å². The molecule has 0 saturated heterocycles. The molecule has 0 fully saturated rings. The lowest BCUT2D eigenvalue weighted by molar-refractivity contribution is -0.143. The van der Waals surface area contributed by atoms with Crippen molar-refractivity contribution in [2.45, 2.75) is 51.9 Å². The SMILES string of the molecule is CCCCCCCCC(=O)ON=C(N)N. The summed E-state index contributed by atoms with van der Waals surface area (Å²) in [7, 11) is 0. The fraction of sp³-hybridized carbons (Fsp3) is 0.800. The lowest BCUT2D eigenvalue weighted by Gasteiger charge is -1.99. The Bertz CT molecular complexity index is 201. The minimum Gasteiger partial charge on any atom is -0.367 e. The van der Waals surface area contributed by atoms with Crippen LogP contribution in [-0.4, -0.2) is 11.9 Å². The Labute approximate surface area is 90.8 Å². The van der Waals surface area contributed by atoms with E-state index in [2.05, 4.69) is 16.9 Å². The van der Waals surface area contributed by atoms with Crippen molar-refractivity contribution in [1.82, 2.24) is 0 Å². The van der Waals surface area contributed by atoms with Gasteiger partial charge in [-0.1, -0.05) is 39.0 Å². The van der Waals surface area contributed by atoms with Crippen LogP contribution in [0, 0.1) is 0 Å². The molecule has 0 amide bonds. The molecule has 0 unspecified atom stereocenters. The van der Waals surface area contributed by atoms with Gasteiger partial charge in [0.2, 0.25) is 5.96 Å². The van der Waals surface area contributed by atoms with E-state index in [1.54, 1.807) is 0 Å². The molecule has 0 rings (SSSR count). The third-order valence-electron chi connectivity index (χ3n) is 1.99. The first-order valence-corrected chi connectivity index (χ1v) is 5.45. The quantitative estimate of drug-likeness (QED) is 0.211. The first kappa shape index (κ1) is 13.7. The number of guanidine groups is 1. The number of rotatable bonds is 8. The Balaban J connectivity index is 3.28. The van der Waals surface area contributed by atoms with Crippen LogP contribution in [0.15, 0.2) is 5.16 Å². The summed E-state index contributed by atoms with van der Waals surface area (Å²) in [5.41, 5.74) is 10.0. The smallest absolute Gasteiger partial charge is 0.335 e. The molecule has 0 aliphatic carbocycles. The third-order valence-corrected chi connectivity index (χ3v) is 1.99. The average molecular weight is 215 g/mol. The third kappa shape index (κ3) is 10.7. The number of carbonyl (C=O) groups excluding carboxylic acids is 1. The summed E-state index contributed by atoms with van der Waals surface area (Å²) < 4.78 is 0. The standard InChI is InChI=1S/C10H21N3O2/c1-2-3-4-5-6-7-8-9(14)15-13-10(11)12/h2-8H2,1H3,(H4,11,12,13). The van der Waals surface area contributed by atoms with E-state index in [0.29, 0.717) is 6.42 Å². The molecule has 88 valence electrons. The fourth-order valence-electron chi connectivity index (χ4n) is 1.20. The molecule has 0 aromatic heterocycles. The summed E-state index contributed by atoms with van der Waals surface area (Å²) in [6.07, 6.45) is 7.16. The van der Waals surface area contributed by atoms with E-state index in [4.69, 9.17) is 11.5 Å². The fourth-order valence-corrected chi connectivity index (χ4v) is 1.20. The van der Waals surface area contributed by atoms with Crippen molar-refractivity contribution < 1.29 is 9.63 Å². The summed E-state index contributed by atoms with van der Waals surface area (Å²) in [6, 6.07) is 0. The van der Waals surface area contributed by atoms with E-state index in [1.165, 1.54) is 25.7 Å². The molecule has 0 aliphatic rings. The Morgan fingerprint density at radius 2 is 1.73 bits per heavy atom. The number of oxime groups is 1. The molecule has 4 N–H and O–H groups in total. The van der Waals surface area contributed by atoms with Crippen molar-refractivity contribution in [2.75, 3.05) is 0 Å². The number of hydrogen-bond acceptors (Lipinski definition) is 3. The molecule has 0 aromatic rings. The number of nitrogens with zero attached hydrogens (tertiary/aromatic N) is 1. The predicted octanol–water partition coefficient (Wildman–Crippen LogP) is 1.47. The van der Waals surface area contributed by atoms with Gasteiger partial charge < -0.3 is 16.3 Å². The number of nitrogens with two attached hydrogens (primary N) is 2. The van der Waals surface area contributed by atoms with Crippen LogP contribution in [-0.2, 0) is 9.63 Å². The van der Waals surface area contributed by atoms with Crippen LogP contribution in [0.3, 0.4) is 0 Å². The van der Waals surface area contributed by atoms with Crippen LogP contribution in [0.5, 0.6) is 0 Å². The molecule has 0 spiro atoms. The van der Waals surface area contributed by atoms with Crippen LogP contribution in [0.2, 0.25) is 0 Å². The number of unbranched alkanes of at least 4 members (excludes halogenated alkanes) is 5. The summed E-state index contributed by atoms with van der Waals surface area (Å²) in [5.74, 6) is -0.606. The van der Waals surface area contributed by atoms with Crippen molar-refractivity contribution in [3.05, 3.63) is 0 Å². The molecular formula is C10H21N3O2. The van der Waals surface area contributed by atoms with Gasteiger partial charge in [0.05, 0.1) is 0 Å². The van der Waals surface area contributed by atoms with Gasteiger partial charge in [-0.2, -0.15) is 0 Å². The van der Waals surface area contributed by atoms with Crippen LogP contribution in [0.4, 0.5) is 0 Å². The molecule has 0 saturated carbocycles. The second-order valence-corrected chi connectivity index (χ2v) is 3.50. The van der Waals surface area contributed by atoms with Gasteiger partial charge in [0.15, 0.2) is 0 Å². The average Bonchev–Trinajstić information content (AvgIpc) is 2.20. The molecule has 0 heterocycles. The van der Waals surface area contributed by atoms with Crippen molar-refractivity contribution >= 4 is 11.9 Å². The largest absolute Gasteiger partial charge is 0.367 e. The van der Waals surface area contributed by atoms with Crippen molar-refractivity contribution in [2.24, 2.45) is 16.6 Å². The lowest BCUT2D eigenvalue weighted by Crippen LogP contribution is -2.23. The highest BCUT2D eigenvalue weighted by Gasteiger charge is 2.01. The van der Waals surface area contributed by atoms with E-state index in [0.717, 1.165) is 12.8 Å². The Morgan fingerprint density at radius 1 is 1.13 bits per heavy atom. The van der Waals surface area contributed by atoms with E-state index in [9.17, 15) is 4.79 Å². The topological polar surface area (TPSA) is 90.7 Å². The van der Waals surface area contributed by atoms with Gasteiger partial charge in [0, 0.05) is 6.42 Å². The molecule has 0 atom stereocenters. The minimum atomic E-state index is -0.376. The Kier molecular flexibility index (Phi) is 8.52. The maximum atomic E-state index is 11.0. The summed E-state index contributed by atoms with van der Waals surface area (Å²) in [4.78, 5) is 15.4. The van der Waals surface area contributed by atoms with Crippen molar-refractivity contribution in [3.63, 3.8) is 0 Å². The van der Waals surface area contributed by atoms with E-state index in [1.807, 2.05) is 0 Å². The zero-order valence-electron chi connectivity index (χ0n) is 9.37. The highest BCUT2D eigenvalue weighted by molar-refractivity contribution is 5.77. The normalized spacial score (nSPS) is 9.67. The van der Waals surface area contributed by atoms with Crippen molar-refractivity contribution in [3.8, 4) is 0 Å². The zero-order valence-corrected chi connectivity index (χ0v) is 9.37. The van der Waals surface area contributed by atoms with Gasteiger partial charge in [0.25, 0.3) is 0 Å². The monoisotopic (exact) mass is 215 g/mol. The van der Waals surface area contributed by atoms with Gasteiger partial charge in [-0.15, -0.1) is 0 Å². The predicted molar refractivity (Wildman–Crippen MR) is 59.9 cm³/mol. The molecule has 0 aromatic carbocycles. The molecule has 0 aliphatic heterocycles. The van der Waals surface area contributed by atoms with Crippen molar-refractivity contribution in [1.29, 1.82) is 0 Å². The van der Waals surface area contributed by atoms with Gasteiger partial charge in [0.1, 0.15) is 0 Å².